The van der Waals surface area contributed by atoms with Gasteiger partial charge in [0.2, 0.25) is 5.91 Å². The molecule has 0 bridgehead atoms. The third-order valence-electron chi connectivity index (χ3n) is 3.11. The topological polar surface area (TPSA) is 64.4 Å². The van der Waals surface area contributed by atoms with Crippen molar-refractivity contribution in [2.75, 3.05) is 13.2 Å². The zero-order chi connectivity index (χ0) is 12.3. The van der Waals surface area contributed by atoms with Crippen molar-refractivity contribution in [2.24, 2.45) is 5.73 Å². The summed E-state index contributed by atoms with van der Waals surface area (Å²) in [6.45, 7) is 3.02. The molecule has 1 amide bonds. The summed E-state index contributed by atoms with van der Waals surface area (Å²) in [5.41, 5.74) is 5.93. The van der Waals surface area contributed by atoms with E-state index in [1.807, 2.05) is 30.3 Å². The highest BCUT2D eigenvalue weighted by Gasteiger charge is 2.32. The van der Waals surface area contributed by atoms with Crippen molar-refractivity contribution in [1.29, 1.82) is 0 Å². The van der Waals surface area contributed by atoms with Crippen LogP contribution in [0.2, 0.25) is 0 Å². The smallest absolute Gasteiger partial charge is 0.244 e. The van der Waals surface area contributed by atoms with E-state index in [1.54, 1.807) is 6.92 Å². The minimum Gasteiger partial charge on any atom is -0.379 e. The molecule has 17 heavy (non-hydrogen) atoms. The number of nitrogens with two attached hydrogens (primary N) is 1. The molecule has 1 aliphatic heterocycles. The Kier molecular flexibility index (Phi) is 3.45. The molecule has 92 valence electrons. The van der Waals surface area contributed by atoms with Crippen molar-refractivity contribution in [3.05, 3.63) is 35.9 Å². The molecule has 4 nitrogen and oxygen atoms in total. The Morgan fingerprint density at radius 3 is 2.76 bits per heavy atom. The Bertz CT molecular complexity index is 384. The van der Waals surface area contributed by atoms with Gasteiger partial charge in [0.05, 0.1) is 12.6 Å². The molecule has 0 aromatic heterocycles. The average molecular weight is 234 g/mol. The molecule has 1 aromatic carbocycles. The van der Waals surface area contributed by atoms with Gasteiger partial charge in [-0.25, -0.2) is 0 Å². The molecule has 1 fully saturated rings. The van der Waals surface area contributed by atoms with Gasteiger partial charge in [-0.05, 0) is 18.9 Å². The van der Waals surface area contributed by atoms with Gasteiger partial charge in [-0.1, -0.05) is 30.3 Å². The molecular formula is C13H18N2O2. The van der Waals surface area contributed by atoms with Crippen molar-refractivity contribution >= 4 is 5.91 Å². The molecule has 1 aromatic rings. The maximum atomic E-state index is 12.1. The first-order chi connectivity index (χ1) is 8.10. The fourth-order valence-corrected chi connectivity index (χ4v) is 1.90. The molecule has 2 atom stereocenters. The largest absolute Gasteiger partial charge is 0.379 e. The molecular weight excluding hydrogens is 216 g/mol. The van der Waals surface area contributed by atoms with Crippen LogP contribution in [0.5, 0.6) is 0 Å². The summed E-state index contributed by atoms with van der Waals surface area (Å²) in [6, 6.07) is 9.49. The molecule has 0 radical (unpaired) electrons. The normalized spacial score (nSPS) is 23.1. The van der Waals surface area contributed by atoms with Crippen molar-refractivity contribution in [3.63, 3.8) is 0 Å². The molecule has 2 rings (SSSR count). The van der Waals surface area contributed by atoms with E-state index in [9.17, 15) is 4.79 Å². The molecule has 3 N–H and O–H groups in total. The van der Waals surface area contributed by atoms with Crippen LogP contribution in [-0.2, 0) is 15.1 Å². The average Bonchev–Trinajstić information content (AvgIpc) is 2.83. The maximum absolute atomic E-state index is 12.1. The molecule has 0 aliphatic carbocycles. The second-order valence-corrected chi connectivity index (χ2v) is 4.60. The first-order valence-corrected chi connectivity index (χ1v) is 5.84. The molecule has 1 heterocycles. The highest BCUT2D eigenvalue weighted by Crippen LogP contribution is 2.18. The number of carbonyl (C=O) groups is 1. The van der Waals surface area contributed by atoms with Crippen molar-refractivity contribution < 1.29 is 9.53 Å². The third-order valence-corrected chi connectivity index (χ3v) is 3.11. The van der Waals surface area contributed by atoms with E-state index in [2.05, 4.69) is 5.32 Å². The van der Waals surface area contributed by atoms with Crippen LogP contribution in [0, 0.1) is 0 Å². The lowest BCUT2D eigenvalue weighted by Crippen LogP contribution is -2.52. The number of amides is 1. The van der Waals surface area contributed by atoms with Crippen molar-refractivity contribution in [2.45, 2.75) is 24.9 Å². The van der Waals surface area contributed by atoms with Gasteiger partial charge in [0.25, 0.3) is 0 Å². The molecule has 0 spiro atoms. The Hall–Kier alpha value is -1.39. The summed E-state index contributed by atoms with van der Waals surface area (Å²) in [5, 5.41) is 2.93. The van der Waals surface area contributed by atoms with Gasteiger partial charge in [0.15, 0.2) is 0 Å². The van der Waals surface area contributed by atoms with Crippen molar-refractivity contribution in [3.8, 4) is 0 Å². The highest BCUT2D eigenvalue weighted by molar-refractivity contribution is 5.87. The SMILES string of the molecule is CC(N)(C(=O)NC1CCOC1)c1ccccc1. The van der Waals surface area contributed by atoms with E-state index >= 15 is 0 Å². The molecule has 2 unspecified atom stereocenters. The monoisotopic (exact) mass is 234 g/mol. The summed E-state index contributed by atoms with van der Waals surface area (Å²) >= 11 is 0. The van der Waals surface area contributed by atoms with Gasteiger partial charge in [0, 0.05) is 6.61 Å². The van der Waals surface area contributed by atoms with Crippen LogP contribution in [0.1, 0.15) is 18.9 Å². The van der Waals surface area contributed by atoms with E-state index in [0.29, 0.717) is 13.2 Å². The predicted molar refractivity (Wildman–Crippen MR) is 65.3 cm³/mol. The number of rotatable bonds is 3. The van der Waals surface area contributed by atoms with E-state index in [4.69, 9.17) is 10.5 Å². The summed E-state index contributed by atoms with van der Waals surface area (Å²) in [7, 11) is 0. The number of hydrogen-bond acceptors (Lipinski definition) is 3. The molecule has 4 heteroatoms. The van der Waals surface area contributed by atoms with Crippen LogP contribution in [-0.4, -0.2) is 25.2 Å². The van der Waals surface area contributed by atoms with Gasteiger partial charge in [-0.15, -0.1) is 0 Å². The lowest BCUT2D eigenvalue weighted by Gasteiger charge is -2.25. The van der Waals surface area contributed by atoms with Crippen LogP contribution < -0.4 is 11.1 Å². The number of nitrogens with one attached hydrogen (secondary N) is 1. The number of benzene rings is 1. The lowest BCUT2D eigenvalue weighted by atomic mass is 9.92. The van der Waals surface area contributed by atoms with Crippen molar-refractivity contribution in [1.82, 2.24) is 5.32 Å². The second-order valence-electron chi connectivity index (χ2n) is 4.60. The fourth-order valence-electron chi connectivity index (χ4n) is 1.90. The minimum atomic E-state index is -0.996. The second kappa shape index (κ2) is 4.85. The first-order valence-electron chi connectivity index (χ1n) is 5.84. The summed E-state index contributed by atoms with van der Waals surface area (Å²) < 4.78 is 5.22. The third kappa shape index (κ3) is 2.65. The molecule has 0 saturated carbocycles. The predicted octanol–water partition coefficient (Wildman–Crippen LogP) is 0.766. The Morgan fingerprint density at radius 1 is 1.47 bits per heavy atom. The van der Waals surface area contributed by atoms with Gasteiger partial charge in [-0.2, -0.15) is 0 Å². The Morgan fingerprint density at radius 2 is 2.18 bits per heavy atom. The quantitative estimate of drug-likeness (QED) is 0.811. The zero-order valence-corrected chi connectivity index (χ0v) is 9.98. The van der Waals surface area contributed by atoms with Gasteiger partial charge < -0.3 is 15.8 Å². The van der Waals surface area contributed by atoms with Crippen LogP contribution in [0.3, 0.4) is 0 Å². The minimum absolute atomic E-state index is 0.0917. The van der Waals surface area contributed by atoms with Crippen LogP contribution in [0.4, 0.5) is 0 Å². The lowest BCUT2D eigenvalue weighted by molar-refractivity contribution is -0.126. The standard InChI is InChI=1S/C13H18N2O2/c1-13(14,10-5-3-2-4-6-10)12(16)15-11-7-8-17-9-11/h2-6,11H,7-9,14H2,1H3,(H,15,16). The van der Waals surface area contributed by atoms with E-state index in [0.717, 1.165) is 12.0 Å². The Balaban J connectivity index is 2.06. The molecule has 1 aliphatic rings. The summed E-state index contributed by atoms with van der Waals surface area (Å²) in [5.74, 6) is -0.154. The highest BCUT2D eigenvalue weighted by atomic mass is 16.5. The van der Waals surface area contributed by atoms with Gasteiger partial charge in [0.1, 0.15) is 5.54 Å². The Labute approximate surface area is 101 Å². The summed E-state index contributed by atoms with van der Waals surface area (Å²) in [6.07, 6.45) is 0.858. The fraction of sp³-hybridized carbons (Fsp3) is 0.462. The number of carbonyl (C=O) groups excluding carboxylic acids is 1. The van der Waals surface area contributed by atoms with E-state index < -0.39 is 5.54 Å². The number of ether oxygens (including phenoxy) is 1. The summed E-state index contributed by atoms with van der Waals surface area (Å²) in [4.78, 5) is 12.1. The van der Waals surface area contributed by atoms with Crippen LogP contribution in [0.15, 0.2) is 30.3 Å². The van der Waals surface area contributed by atoms with Gasteiger partial charge >= 0.3 is 0 Å². The first kappa shape index (κ1) is 12.1. The van der Waals surface area contributed by atoms with E-state index in [1.165, 1.54) is 0 Å². The van der Waals surface area contributed by atoms with E-state index in [-0.39, 0.29) is 11.9 Å². The number of hydrogen-bond donors (Lipinski definition) is 2. The van der Waals surface area contributed by atoms with Gasteiger partial charge in [-0.3, -0.25) is 4.79 Å². The maximum Gasteiger partial charge on any atom is 0.244 e. The van der Waals surface area contributed by atoms with Crippen LogP contribution in [0.25, 0.3) is 0 Å². The zero-order valence-electron chi connectivity index (χ0n) is 9.98. The molecule has 1 saturated heterocycles. The van der Waals surface area contributed by atoms with Crippen LogP contribution >= 0.6 is 0 Å².